The molecule has 0 saturated heterocycles. The van der Waals surface area contributed by atoms with Crippen LogP contribution in [0.15, 0.2) is 48.5 Å². The number of nitrogens with one attached hydrogen (secondary N) is 2. The highest BCUT2D eigenvalue weighted by Crippen LogP contribution is 2.11. The molecule has 0 aliphatic carbocycles. The van der Waals surface area contributed by atoms with Crippen molar-refractivity contribution >= 4 is 23.4 Å². The number of ether oxygens (including phenoxy) is 1. The standard InChI is InChI=1S/C16H15ClN2O3/c1-11-5-7-14(8-6-11)22-10-15(20)18-19-16(21)12-3-2-4-13(17)9-12/h2-9H,10H2,1H3,(H,18,20)(H,19,21). The third kappa shape index (κ3) is 4.79. The molecule has 0 aliphatic rings. The minimum Gasteiger partial charge on any atom is -0.484 e. The van der Waals surface area contributed by atoms with E-state index in [1.165, 1.54) is 6.07 Å². The molecule has 0 aromatic heterocycles. The summed E-state index contributed by atoms with van der Waals surface area (Å²) < 4.78 is 5.30. The van der Waals surface area contributed by atoms with Crippen molar-refractivity contribution in [2.24, 2.45) is 0 Å². The number of hydrogen-bond acceptors (Lipinski definition) is 3. The van der Waals surface area contributed by atoms with Gasteiger partial charge in [0.2, 0.25) is 0 Å². The number of rotatable bonds is 4. The molecule has 22 heavy (non-hydrogen) atoms. The quantitative estimate of drug-likeness (QED) is 0.851. The Hall–Kier alpha value is -2.53. The number of aryl methyl sites for hydroxylation is 1. The molecule has 2 amide bonds. The van der Waals surface area contributed by atoms with Crippen LogP contribution in [0.1, 0.15) is 15.9 Å². The Bertz CT molecular complexity index is 671. The summed E-state index contributed by atoms with van der Waals surface area (Å²) in [6.07, 6.45) is 0. The number of hydrazine groups is 1. The Balaban J connectivity index is 1.78. The topological polar surface area (TPSA) is 67.4 Å². The van der Waals surface area contributed by atoms with Crippen molar-refractivity contribution in [3.8, 4) is 5.75 Å². The van der Waals surface area contributed by atoms with Crippen molar-refractivity contribution in [2.75, 3.05) is 6.61 Å². The minimum atomic E-state index is -0.462. The smallest absolute Gasteiger partial charge is 0.276 e. The van der Waals surface area contributed by atoms with E-state index in [1.54, 1.807) is 30.3 Å². The average molecular weight is 319 g/mol. The fourth-order valence-corrected chi connectivity index (χ4v) is 1.84. The van der Waals surface area contributed by atoms with Gasteiger partial charge in [-0.15, -0.1) is 0 Å². The van der Waals surface area contributed by atoms with Crippen LogP contribution in [0.4, 0.5) is 0 Å². The number of halogens is 1. The lowest BCUT2D eigenvalue weighted by molar-refractivity contribution is -0.123. The van der Waals surface area contributed by atoms with Crippen LogP contribution in [0, 0.1) is 6.92 Å². The first-order valence-electron chi connectivity index (χ1n) is 6.59. The Kier molecular flexibility index (Phi) is 5.38. The summed E-state index contributed by atoms with van der Waals surface area (Å²) in [7, 11) is 0. The van der Waals surface area contributed by atoms with Gasteiger partial charge >= 0.3 is 0 Å². The van der Waals surface area contributed by atoms with Crippen LogP contribution in [-0.4, -0.2) is 18.4 Å². The van der Waals surface area contributed by atoms with Gasteiger partial charge in [-0.1, -0.05) is 35.4 Å². The normalized spacial score (nSPS) is 9.91. The maximum absolute atomic E-state index is 11.8. The largest absolute Gasteiger partial charge is 0.484 e. The molecule has 5 nitrogen and oxygen atoms in total. The highest BCUT2D eigenvalue weighted by atomic mass is 35.5. The summed E-state index contributed by atoms with van der Waals surface area (Å²) in [4.78, 5) is 23.4. The summed E-state index contributed by atoms with van der Waals surface area (Å²) in [6, 6.07) is 13.7. The van der Waals surface area contributed by atoms with Gasteiger partial charge in [-0.25, -0.2) is 0 Å². The molecule has 0 fully saturated rings. The molecule has 2 aromatic rings. The summed E-state index contributed by atoms with van der Waals surface area (Å²) >= 11 is 5.79. The number of carbonyl (C=O) groups excluding carboxylic acids is 2. The molecule has 0 bridgehead atoms. The molecule has 0 unspecified atom stereocenters. The first kappa shape index (κ1) is 15.9. The fraction of sp³-hybridized carbons (Fsp3) is 0.125. The molecule has 2 rings (SSSR count). The van der Waals surface area contributed by atoms with Gasteiger partial charge in [0.25, 0.3) is 11.8 Å². The van der Waals surface area contributed by atoms with Crippen LogP contribution in [0.25, 0.3) is 0 Å². The van der Waals surface area contributed by atoms with Gasteiger partial charge in [-0.05, 0) is 37.3 Å². The van der Waals surface area contributed by atoms with E-state index in [-0.39, 0.29) is 6.61 Å². The zero-order valence-corrected chi connectivity index (χ0v) is 12.7. The molecule has 0 spiro atoms. The molecule has 0 radical (unpaired) electrons. The highest BCUT2D eigenvalue weighted by molar-refractivity contribution is 6.30. The van der Waals surface area contributed by atoms with E-state index in [0.29, 0.717) is 16.3 Å². The molecule has 0 heterocycles. The average Bonchev–Trinajstić information content (AvgIpc) is 2.52. The molecule has 0 atom stereocenters. The van der Waals surface area contributed by atoms with Crippen molar-refractivity contribution in [3.05, 3.63) is 64.7 Å². The van der Waals surface area contributed by atoms with Crippen molar-refractivity contribution in [1.29, 1.82) is 0 Å². The molecule has 6 heteroatoms. The summed E-state index contributed by atoms with van der Waals surface area (Å²) in [6.45, 7) is 1.76. The second kappa shape index (κ2) is 7.47. The predicted molar refractivity (Wildman–Crippen MR) is 83.7 cm³/mol. The van der Waals surface area contributed by atoms with Gasteiger partial charge in [0, 0.05) is 10.6 Å². The van der Waals surface area contributed by atoms with E-state index in [1.807, 2.05) is 19.1 Å². The minimum absolute atomic E-state index is 0.196. The zero-order valence-electron chi connectivity index (χ0n) is 11.9. The monoisotopic (exact) mass is 318 g/mol. The van der Waals surface area contributed by atoms with Gasteiger partial charge in [0.05, 0.1) is 0 Å². The number of hydrogen-bond donors (Lipinski definition) is 2. The number of benzene rings is 2. The first-order chi connectivity index (χ1) is 10.5. The van der Waals surface area contributed by atoms with Crippen LogP contribution in [0.5, 0.6) is 5.75 Å². The lowest BCUT2D eigenvalue weighted by Gasteiger charge is -2.09. The molecule has 2 aromatic carbocycles. The summed E-state index contributed by atoms with van der Waals surface area (Å²) in [5.41, 5.74) is 6.03. The Labute approximate surface area is 133 Å². The Morgan fingerprint density at radius 2 is 1.82 bits per heavy atom. The number of carbonyl (C=O) groups is 2. The van der Waals surface area contributed by atoms with E-state index in [0.717, 1.165) is 5.56 Å². The lowest BCUT2D eigenvalue weighted by atomic mass is 10.2. The summed E-state index contributed by atoms with van der Waals surface area (Å²) in [5, 5.41) is 0.446. The van der Waals surface area contributed by atoms with E-state index < -0.39 is 11.8 Å². The molecule has 0 saturated carbocycles. The Morgan fingerprint density at radius 3 is 2.50 bits per heavy atom. The van der Waals surface area contributed by atoms with Crippen molar-refractivity contribution in [1.82, 2.24) is 10.9 Å². The van der Waals surface area contributed by atoms with E-state index in [9.17, 15) is 9.59 Å². The maximum atomic E-state index is 11.8. The van der Waals surface area contributed by atoms with Gasteiger partial charge in [-0.2, -0.15) is 0 Å². The third-order valence-corrected chi connectivity index (χ3v) is 3.03. The molecular weight excluding hydrogens is 304 g/mol. The van der Waals surface area contributed by atoms with Crippen LogP contribution >= 0.6 is 11.6 Å². The maximum Gasteiger partial charge on any atom is 0.276 e. The predicted octanol–water partition coefficient (Wildman–Crippen LogP) is 2.49. The Morgan fingerprint density at radius 1 is 1.09 bits per heavy atom. The zero-order chi connectivity index (χ0) is 15.9. The van der Waals surface area contributed by atoms with E-state index >= 15 is 0 Å². The highest BCUT2D eigenvalue weighted by Gasteiger charge is 2.08. The molecular formula is C16H15ClN2O3. The van der Waals surface area contributed by atoms with Crippen LogP contribution in [0.3, 0.4) is 0 Å². The van der Waals surface area contributed by atoms with Gasteiger partial charge in [-0.3, -0.25) is 20.4 Å². The SMILES string of the molecule is Cc1ccc(OCC(=O)NNC(=O)c2cccc(Cl)c2)cc1. The molecule has 2 N–H and O–H groups in total. The molecule has 0 aliphatic heterocycles. The van der Waals surface area contributed by atoms with Gasteiger partial charge in [0.15, 0.2) is 6.61 Å². The van der Waals surface area contributed by atoms with E-state index in [2.05, 4.69) is 10.9 Å². The van der Waals surface area contributed by atoms with Gasteiger partial charge in [0.1, 0.15) is 5.75 Å². The summed E-state index contributed by atoms with van der Waals surface area (Å²) in [5.74, 6) is -0.330. The van der Waals surface area contributed by atoms with E-state index in [4.69, 9.17) is 16.3 Å². The van der Waals surface area contributed by atoms with Gasteiger partial charge < -0.3 is 4.74 Å². The van der Waals surface area contributed by atoms with Crippen molar-refractivity contribution < 1.29 is 14.3 Å². The van der Waals surface area contributed by atoms with Crippen LogP contribution < -0.4 is 15.6 Å². The second-order valence-electron chi connectivity index (χ2n) is 4.61. The first-order valence-corrected chi connectivity index (χ1v) is 6.96. The fourth-order valence-electron chi connectivity index (χ4n) is 1.65. The third-order valence-electron chi connectivity index (χ3n) is 2.79. The second-order valence-corrected chi connectivity index (χ2v) is 5.05. The van der Waals surface area contributed by atoms with Crippen LogP contribution in [-0.2, 0) is 4.79 Å². The van der Waals surface area contributed by atoms with Crippen LogP contribution in [0.2, 0.25) is 5.02 Å². The van der Waals surface area contributed by atoms with Crippen molar-refractivity contribution in [2.45, 2.75) is 6.92 Å². The number of amides is 2. The van der Waals surface area contributed by atoms with Crippen molar-refractivity contribution in [3.63, 3.8) is 0 Å². The lowest BCUT2D eigenvalue weighted by Crippen LogP contribution is -2.43. The molecule has 114 valence electrons.